The van der Waals surface area contributed by atoms with Crippen molar-refractivity contribution in [2.24, 2.45) is 0 Å². The van der Waals surface area contributed by atoms with Crippen molar-refractivity contribution in [3.05, 3.63) is 45.0 Å². The van der Waals surface area contributed by atoms with Gasteiger partial charge in [0.05, 0.1) is 5.56 Å². The quantitative estimate of drug-likeness (QED) is 0.525. The van der Waals surface area contributed by atoms with Gasteiger partial charge in [0, 0.05) is 4.92 Å². The van der Waals surface area contributed by atoms with Gasteiger partial charge in [-0.3, -0.25) is 10.1 Å². The molecule has 1 aromatic rings. The molecule has 0 radical (unpaired) electrons. The van der Waals surface area contributed by atoms with Crippen LogP contribution in [-0.2, 0) is 6.54 Å². The molecule has 1 aromatic carbocycles. The molecule has 0 atom stereocenters. The van der Waals surface area contributed by atoms with E-state index in [9.17, 15) is 18.9 Å². The maximum atomic E-state index is 13.1. The molecule has 0 aromatic heterocycles. The van der Waals surface area contributed by atoms with Crippen LogP contribution in [0.3, 0.4) is 0 Å². The molecule has 13 heavy (non-hydrogen) atoms. The van der Waals surface area contributed by atoms with Gasteiger partial charge in [-0.15, -0.1) is 0 Å². The van der Waals surface area contributed by atoms with E-state index in [1.165, 1.54) is 13.0 Å². The lowest BCUT2D eigenvalue weighted by molar-refractivity contribution is -0.497. The number of rotatable bonds is 2. The Morgan fingerprint density at radius 1 is 1.46 bits per heavy atom. The predicted molar refractivity (Wildman–Crippen MR) is 41.8 cm³/mol. The molecule has 3 nitrogen and oxygen atoms in total. The van der Waals surface area contributed by atoms with Crippen LogP contribution < -0.4 is 0 Å². The highest BCUT2D eigenvalue weighted by Crippen LogP contribution is 2.16. The van der Waals surface area contributed by atoms with Crippen molar-refractivity contribution < 1.29 is 13.7 Å². The van der Waals surface area contributed by atoms with Crippen molar-refractivity contribution in [3.63, 3.8) is 0 Å². The van der Waals surface area contributed by atoms with E-state index in [2.05, 4.69) is 0 Å². The molecule has 0 saturated carbocycles. The topological polar surface area (TPSA) is 43.1 Å². The summed E-state index contributed by atoms with van der Waals surface area (Å²) in [6.07, 6.45) is 0. The van der Waals surface area contributed by atoms with Crippen molar-refractivity contribution in [2.45, 2.75) is 13.5 Å². The number of hydrogen-bond donors (Lipinski definition) is 0. The molecule has 1 rings (SSSR count). The molecule has 0 amide bonds. The second kappa shape index (κ2) is 3.47. The summed E-state index contributed by atoms with van der Waals surface area (Å²) in [7, 11) is 0. The van der Waals surface area contributed by atoms with E-state index in [1.54, 1.807) is 0 Å². The lowest BCUT2D eigenvalue weighted by Crippen LogP contribution is -2.05. The van der Waals surface area contributed by atoms with Crippen LogP contribution in [0, 0.1) is 28.7 Å². The SMILES string of the molecule is Cc1ccc(F)c(C[N+](=O)[O-])c1F. The smallest absolute Gasteiger partial charge is 0.234 e. The highest BCUT2D eigenvalue weighted by atomic mass is 19.1. The van der Waals surface area contributed by atoms with Crippen LogP contribution in [-0.4, -0.2) is 4.92 Å². The summed E-state index contributed by atoms with van der Waals surface area (Å²) in [5.74, 6) is -1.71. The molecule has 0 saturated heterocycles. The molecule has 0 heterocycles. The zero-order chi connectivity index (χ0) is 10.0. The number of benzene rings is 1. The fourth-order valence-corrected chi connectivity index (χ4v) is 0.989. The lowest BCUT2D eigenvalue weighted by Gasteiger charge is -2.02. The van der Waals surface area contributed by atoms with Crippen LogP contribution in [0.15, 0.2) is 12.1 Å². The molecule has 0 bridgehead atoms. The summed E-state index contributed by atoms with van der Waals surface area (Å²) in [5.41, 5.74) is -0.275. The van der Waals surface area contributed by atoms with E-state index in [0.29, 0.717) is 0 Å². The molecule has 70 valence electrons. The van der Waals surface area contributed by atoms with Crippen LogP contribution in [0.5, 0.6) is 0 Å². The lowest BCUT2D eigenvalue weighted by atomic mass is 10.1. The number of nitrogens with zero attached hydrogens (tertiary/aromatic N) is 1. The fraction of sp³-hybridized carbons (Fsp3) is 0.250. The second-order valence-electron chi connectivity index (χ2n) is 2.65. The summed E-state index contributed by atoms with van der Waals surface area (Å²) >= 11 is 0. The Bertz CT molecular complexity index is 352. The van der Waals surface area contributed by atoms with Crippen molar-refractivity contribution >= 4 is 0 Å². The molecule has 0 fully saturated rings. The van der Waals surface area contributed by atoms with Gasteiger partial charge in [0.25, 0.3) is 0 Å². The molecule has 5 heteroatoms. The number of hydrogen-bond acceptors (Lipinski definition) is 2. The minimum Gasteiger partial charge on any atom is -0.264 e. The van der Waals surface area contributed by atoms with Gasteiger partial charge in [-0.1, -0.05) is 6.07 Å². The molecule has 0 N–H and O–H groups in total. The van der Waals surface area contributed by atoms with Crippen LogP contribution in [0.4, 0.5) is 8.78 Å². The van der Waals surface area contributed by atoms with Gasteiger partial charge < -0.3 is 0 Å². The Hall–Kier alpha value is -1.52. The van der Waals surface area contributed by atoms with E-state index in [1.807, 2.05) is 0 Å². The van der Waals surface area contributed by atoms with Gasteiger partial charge in [0.1, 0.15) is 11.6 Å². The average Bonchev–Trinajstić information content (AvgIpc) is 2.05. The van der Waals surface area contributed by atoms with Gasteiger partial charge in [-0.25, -0.2) is 8.78 Å². The third-order valence-corrected chi connectivity index (χ3v) is 1.67. The van der Waals surface area contributed by atoms with E-state index in [-0.39, 0.29) is 5.56 Å². The van der Waals surface area contributed by atoms with E-state index in [0.717, 1.165) is 6.07 Å². The largest absolute Gasteiger partial charge is 0.264 e. The van der Waals surface area contributed by atoms with E-state index in [4.69, 9.17) is 0 Å². The Labute approximate surface area is 73.1 Å². The standard InChI is InChI=1S/C8H7F2NO2/c1-5-2-3-7(9)6(8(5)10)4-11(12)13/h2-3H,4H2,1H3. The zero-order valence-electron chi connectivity index (χ0n) is 6.88. The van der Waals surface area contributed by atoms with Crippen molar-refractivity contribution in [2.75, 3.05) is 0 Å². The molecule has 0 aliphatic heterocycles. The zero-order valence-corrected chi connectivity index (χ0v) is 6.88. The Morgan fingerprint density at radius 3 is 2.62 bits per heavy atom. The van der Waals surface area contributed by atoms with Crippen LogP contribution in [0.1, 0.15) is 11.1 Å². The van der Waals surface area contributed by atoms with Gasteiger partial charge in [0.2, 0.25) is 6.54 Å². The fourth-order valence-electron chi connectivity index (χ4n) is 0.989. The van der Waals surface area contributed by atoms with E-state index < -0.39 is 28.7 Å². The minimum atomic E-state index is -0.875. The summed E-state index contributed by atoms with van der Waals surface area (Å²) in [4.78, 5) is 9.29. The summed E-state index contributed by atoms with van der Waals surface area (Å²) in [6, 6.07) is 2.27. The van der Waals surface area contributed by atoms with Gasteiger partial charge in [-0.2, -0.15) is 0 Å². The Balaban J connectivity index is 3.17. The Kier molecular flexibility index (Phi) is 2.55. The molecule has 0 aliphatic rings. The van der Waals surface area contributed by atoms with Crippen molar-refractivity contribution in [1.29, 1.82) is 0 Å². The van der Waals surface area contributed by atoms with Gasteiger partial charge >= 0.3 is 0 Å². The molecule has 0 unspecified atom stereocenters. The first-order chi connectivity index (χ1) is 6.02. The molecular weight excluding hydrogens is 180 g/mol. The van der Waals surface area contributed by atoms with Crippen molar-refractivity contribution in [1.82, 2.24) is 0 Å². The van der Waals surface area contributed by atoms with Crippen LogP contribution >= 0.6 is 0 Å². The normalized spacial score (nSPS) is 10.1. The van der Waals surface area contributed by atoms with Crippen LogP contribution in [0.2, 0.25) is 0 Å². The summed E-state index contributed by atoms with van der Waals surface area (Å²) in [5, 5.41) is 10.1. The first-order valence-corrected chi connectivity index (χ1v) is 3.57. The number of aryl methyl sites for hydroxylation is 1. The van der Waals surface area contributed by atoms with Crippen molar-refractivity contribution in [3.8, 4) is 0 Å². The number of halogens is 2. The highest BCUT2D eigenvalue weighted by Gasteiger charge is 2.15. The molecule has 0 aliphatic carbocycles. The average molecular weight is 187 g/mol. The minimum absolute atomic E-state index is 0.207. The monoisotopic (exact) mass is 187 g/mol. The first-order valence-electron chi connectivity index (χ1n) is 3.57. The Morgan fingerprint density at radius 2 is 2.08 bits per heavy atom. The maximum Gasteiger partial charge on any atom is 0.234 e. The number of nitro groups is 1. The molecule has 0 spiro atoms. The van der Waals surface area contributed by atoms with Gasteiger partial charge in [0.15, 0.2) is 0 Å². The maximum absolute atomic E-state index is 13.1. The summed E-state index contributed by atoms with van der Waals surface area (Å²) in [6.45, 7) is 0.609. The third kappa shape index (κ3) is 1.99. The first kappa shape index (κ1) is 9.57. The second-order valence-corrected chi connectivity index (χ2v) is 2.65. The third-order valence-electron chi connectivity index (χ3n) is 1.67. The van der Waals surface area contributed by atoms with Crippen LogP contribution in [0.25, 0.3) is 0 Å². The predicted octanol–water partition coefficient (Wildman–Crippen LogP) is 2.05. The van der Waals surface area contributed by atoms with Gasteiger partial charge in [-0.05, 0) is 18.6 Å². The van der Waals surface area contributed by atoms with E-state index >= 15 is 0 Å². The molecular formula is C8H7F2NO2. The summed E-state index contributed by atoms with van der Waals surface area (Å²) < 4.78 is 25.9. The highest BCUT2D eigenvalue weighted by molar-refractivity contribution is 5.25.